The molecule has 4 heteroatoms. The van der Waals surface area contributed by atoms with Crippen LogP contribution in [-0.4, -0.2) is 21.1 Å². The third kappa shape index (κ3) is 2.31. The molecule has 21 heavy (non-hydrogen) atoms. The molecule has 0 atom stereocenters. The minimum absolute atomic E-state index is 0.111. The van der Waals surface area contributed by atoms with Gasteiger partial charge in [-0.1, -0.05) is 36.4 Å². The van der Waals surface area contributed by atoms with E-state index >= 15 is 0 Å². The maximum absolute atomic E-state index is 12.7. The molecule has 0 bridgehead atoms. The van der Waals surface area contributed by atoms with Crippen LogP contribution in [0.2, 0.25) is 0 Å². The van der Waals surface area contributed by atoms with Gasteiger partial charge in [0.1, 0.15) is 5.75 Å². The highest BCUT2D eigenvalue weighted by atomic mass is 16.3. The molecule has 3 aromatic rings. The average molecular weight is 278 g/mol. The van der Waals surface area contributed by atoms with Crippen molar-refractivity contribution in [2.24, 2.45) is 0 Å². The zero-order chi connectivity index (χ0) is 14.8. The number of nitrogens with one attached hydrogen (secondary N) is 1. The summed E-state index contributed by atoms with van der Waals surface area (Å²) in [6.45, 7) is 1.90. The fraction of sp³-hybridized carbons (Fsp3) is 0.0588. The maximum Gasteiger partial charge on any atom is 0.197 e. The summed E-state index contributed by atoms with van der Waals surface area (Å²) in [4.78, 5) is 12.7. The van der Waals surface area contributed by atoms with Crippen molar-refractivity contribution in [2.45, 2.75) is 6.92 Å². The standard InChI is InChI=1S/C17H14N2O2/c1-11-6-2-3-7-12(11)17(21)14-10-18-19-16(14)13-8-4-5-9-15(13)20/h2-10,20H,1H3,(H,18,19). The Morgan fingerprint density at radius 3 is 2.52 bits per heavy atom. The lowest BCUT2D eigenvalue weighted by atomic mass is 9.97. The van der Waals surface area contributed by atoms with Gasteiger partial charge in [-0.25, -0.2) is 0 Å². The van der Waals surface area contributed by atoms with E-state index in [4.69, 9.17) is 0 Å². The number of aromatic amines is 1. The first kappa shape index (κ1) is 13.1. The zero-order valence-corrected chi connectivity index (χ0v) is 11.5. The quantitative estimate of drug-likeness (QED) is 0.722. The van der Waals surface area contributed by atoms with Gasteiger partial charge in [0, 0.05) is 11.1 Å². The number of hydrogen-bond donors (Lipinski definition) is 2. The van der Waals surface area contributed by atoms with Crippen LogP contribution < -0.4 is 0 Å². The van der Waals surface area contributed by atoms with Crippen LogP contribution >= 0.6 is 0 Å². The van der Waals surface area contributed by atoms with Crippen LogP contribution in [-0.2, 0) is 0 Å². The summed E-state index contributed by atoms with van der Waals surface area (Å²) in [5.74, 6) is 0.000636. The Hall–Kier alpha value is -2.88. The van der Waals surface area contributed by atoms with Gasteiger partial charge in [0.15, 0.2) is 5.78 Å². The number of aryl methyl sites for hydroxylation is 1. The number of benzene rings is 2. The van der Waals surface area contributed by atoms with Crippen molar-refractivity contribution in [3.63, 3.8) is 0 Å². The monoisotopic (exact) mass is 278 g/mol. The third-order valence-corrected chi connectivity index (χ3v) is 3.45. The lowest BCUT2D eigenvalue weighted by molar-refractivity contribution is 0.103. The summed E-state index contributed by atoms with van der Waals surface area (Å²) in [6.07, 6.45) is 1.50. The van der Waals surface area contributed by atoms with Gasteiger partial charge in [-0.3, -0.25) is 9.89 Å². The minimum atomic E-state index is -0.111. The number of aromatic nitrogens is 2. The highest BCUT2D eigenvalue weighted by Gasteiger charge is 2.19. The number of nitrogens with zero attached hydrogens (tertiary/aromatic N) is 1. The van der Waals surface area contributed by atoms with E-state index in [1.807, 2.05) is 25.1 Å². The summed E-state index contributed by atoms with van der Waals surface area (Å²) in [5, 5.41) is 16.7. The predicted octanol–water partition coefficient (Wildman–Crippen LogP) is 3.32. The lowest BCUT2D eigenvalue weighted by Crippen LogP contribution is -2.04. The van der Waals surface area contributed by atoms with Crippen molar-refractivity contribution >= 4 is 5.78 Å². The van der Waals surface area contributed by atoms with Gasteiger partial charge >= 0.3 is 0 Å². The van der Waals surface area contributed by atoms with Crippen molar-refractivity contribution in [3.8, 4) is 17.0 Å². The van der Waals surface area contributed by atoms with Gasteiger partial charge in [-0.2, -0.15) is 5.10 Å². The van der Waals surface area contributed by atoms with Gasteiger partial charge in [-0.05, 0) is 24.6 Å². The number of carbonyl (C=O) groups is 1. The topological polar surface area (TPSA) is 66.0 Å². The molecular formula is C17H14N2O2. The molecule has 0 unspecified atom stereocenters. The fourth-order valence-electron chi connectivity index (χ4n) is 2.32. The number of phenols is 1. The molecule has 0 aliphatic heterocycles. The molecule has 4 nitrogen and oxygen atoms in total. The smallest absolute Gasteiger partial charge is 0.197 e. The molecule has 2 aromatic carbocycles. The highest BCUT2D eigenvalue weighted by molar-refractivity contribution is 6.13. The van der Waals surface area contributed by atoms with Crippen molar-refractivity contribution in [1.82, 2.24) is 10.2 Å². The number of hydrogen-bond acceptors (Lipinski definition) is 3. The number of phenolic OH excluding ortho intramolecular Hbond substituents is 1. The Labute approximate surface area is 122 Å². The summed E-state index contributed by atoms with van der Waals surface area (Å²) >= 11 is 0. The number of H-pyrrole nitrogens is 1. The number of carbonyl (C=O) groups excluding carboxylic acids is 1. The van der Waals surface area contributed by atoms with Crippen molar-refractivity contribution in [1.29, 1.82) is 0 Å². The average Bonchev–Trinajstić information content (AvgIpc) is 2.97. The lowest BCUT2D eigenvalue weighted by Gasteiger charge is -2.06. The first-order valence-corrected chi connectivity index (χ1v) is 6.60. The van der Waals surface area contributed by atoms with Crippen LogP contribution in [0.15, 0.2) is 54.7 Å². The Morgan fingerprint density at radius 2 is 1.76 bits per heavy atom. The molecule has 0 fully saturated rings. The summed E-state index contributed by atoms with van der Waals surface area (Å²) in [6, 6.07) is 14.3. The van der Waals surface area contributed by atoms with Crippen LogP contribution in [0, 0.1) is 6.92 Å². The molecule has 1 heterocycles. The van der Waals surface area contributed by atoms with Gasteiger partial charge in [0.25, 0.3) is 0 Å². The Morgan fingerprint density at radius 1 is 1.05 bits per heavy atom. The molecule has 1 aromatic heterocycles. The van der Waals surface area contributed by atoms with E-state index in [9.17, 15) is 9.90 Å². The molecular weight excluding hydrogens is 264 g/mol. The Kier molecular flexibility index (Phi) is 3.28. The van der Waals surface area contributed by atoms with Crippen LogP contribution in [0.1, 0.15) is 21.5 Å². The van der Waals surface area contributed by atoms with E-state index in [2.05, 4.69) is 10.2 Å². The van der Waals surface area contributed by atoms with E-state index in [-0.39, 0.29) is 11.5 Å². The normalized spacial score (nSPS) is 10.5. The highest BCUT2D eigenvalue weighted by Crippen LogP contribution is 2.30. The van der Waals surface area contributed by atoms with Crippen LogP contribution in [0.25, 0.3) is 11.3 Å². The van der Waals surface area contributed by atoms with Crippen LogP contribution in [0.4, 0.5) is 0 Å². The van der Waals surface area contributed by atoms with E-state index in [0.29, 0.717) is 22.4 Å². The zero-order valence-electron chi connectivity index (χ0n) is 11.5. The second kappa shape index (κ2) is 5.25. The summed E-state index contributed by atoms with van der Waals surface area (Å²) in [7, 11) is 0. The third-order valence-electron chi connectivity index (χ3n) is 3.45. The maximum atomic E-state index is 12.7. The van der Waals surface area contributed by atoms with Crippen molar-refractivity contribution in [2.75, 3.05) is 0 Å². The molecule has 0 aliphatic rings. The van der Waals surface area contributed by atoms with E-state index in [1.165, 1.54) is 6.20 Å². The van der Waals surface area contributed by atoms with Crippen molar-refractivity contribution < 1.29 is 9.90 Å². The first-order valence-electron chi connectivity index (χ1n) is 6.60. The SMILES string of the molecule is Cc1ccccc1C(=O)c1cn[nH]c1-c1ccccc1O. The molecule has 104 valence electrons. The molecule has 0 radical (unpaired) electrons. The summed E-state index contributed by atoms with van der Waals surface area (Å²) in [5.41, 5.74) is 3.08. The predicted molar refractivity (Wildman–Crippen MR) is 80.3 cm³/mol. The second-order valence-corrected chi connectivity index (χ2v) is 4.82. The second-order valence-electron chi connectivity index (χ2n) is 4.82. The fourth-order valence-corrected chi connectivity index (χ4v) is 2.32. The van der Waals surface area contributed by atoms with Gasteiger partial charge in [0.2, 0.25) is 0 Å². The van der Waals surface area contributed by atoms with E-state index in [1.54, 1.807) is 30.3 Å². The molecule has 0 amide bonds. The van der Waals surface area contributed by atoms with Crippen LogP contribution in [0.5, 0.6) is 5.75 Å². The molecule has 0 saturated heterocycles. The minimum Gasteiger partial charge on any atom is -0.507 e. The largest absolute Gasteiger partial charge is 0.507 e. The molecule has 3 rings (SSSR count). The number of aromatic hydroxyl groups is 1. The van der Waals surface area contributed by atoms with E-state index < -0.39 is 0 Å². The van der Waals surface area contributed by atoms with Crippen molar-refractivity contribution in [3.05, 3.63) is 71.4 Å². The summed E-state index contributed by atoms with van der Waals surface area (Å²) < 4.78 is 0. The van der Waals surface area contributed by atoms with Gasteiger partial charge in [-0.15, -0.1) is 0 Å². The Bertz CT molecular complexity index is 806. The Balaban J connectivity index is 2.10. The van der Waals surface area contributed by atoms with Gasteiger partial charge < -0.3 is 5.11 Å². The van der Waals surface area contributed by atoms with Gasteiger partial charge in [0.05, 0.1) is 17.5 Å². The number of para-hydroxylation sites is 1. The molecule has 0 aliphatic carbocycles. The molecule has 2 N–H and O–H groups in total. The number of ketones is 1. The van der Waals surface area contributed by atoms with E-state index in [0.717, 1.165) is 5.56 Å². The molecule has 0 spiro atoms. The first-order chi connectivity index (χ1) is 10.2. The van der Waals surface area contributed by atoms with Crippen LogP contribution in [0.3, 0.4) is 0 Å². The molecule has 0 saturated carbocycles. The number of rotatable bonds is 3.